The van der Waals surface area contributed by atoms with Crippen LogP contribution in [0, 0.1) is 5.92 Å². The third-order valence-corrected chi connectivity index (χ3v) is 2.44. The summed E-state index contributed by atoms with van der Waals surface area (Å²) < 4.78 is 5.38. The van der Waals surface area contributed by atoms with E-state index in [1.54, 1.807) is 0 Å². The lowest BCUT2D eigenvalue weighted by atomic mass is 10.1. The lowest BCUT2D eigenvalue weighted by Gasteiger charge is -2.12. The van der Waals surface area contributed by atoms with Crippen LogP contribution in [0.4, 0.5) is 0 Å². The van der Waals surface area contributed by atoms with Gasteiger partial charge in [0, 0.05) is 33.2 Å². The third kappa shape index (κ3) is 13.4. The first-order valence-corrected chi connectivity index (χ1v) is 6.73. The highest BCUT2D eigenvalue weighted by molar-refractivity contribution is 5.72. The Hall–Kier alpha value is -0.650. The van der Waals surface area contributed by atoms with Crippen molar-refractivity contribution in [1.29, 1.82) is 0 Å². The van der Waals surface area contributed by atoms with Crippen molar-refractivity contribution < 1.29 is 14.6 Å². The van der Waals surface area contributed by atoms with Gasteiger partial charge in [0.15, 0.2) is 0 Å². The van der Waals surface area contributed by atoms with Gasteiger partial charge >= 0.3 is 0 Å². The molecule has 0 aliphatic heterocycles. The van der Waals surface area contributed by atoms with Crippen molar-refractivity contribution in [2.75, 3.05) is 32.8 Å². The SMILES string of the molecule is CC(=O)NCCNCC(O)COCCCC(C)C. The van der Waals surface area contributed by atoms with Gasteiger partial charge in [0.2, 0.25) is 5.91 Å². The van der Waals surface area contributed by atoms with Crippen LogP contribution in [-0.4, -0.2) is 50.0 Å². The van der Waals surface area contributed by atoms with Crippen LogP contribution in [0.1, 0.15) is 33.6 Å². The number of rotatable bonds is 11. The molecule has 0 spiro atoms. The van der Waals surface area contributed by atoms with Gasteiger partial charge in [-0.05, 0) is 18.8 Å². The summed E-state index contributed by atoms with van der Waals surface area (Å²) in [6.45, 7) is 8.67. The van der Waals surface area contributed by atoms with Crippen molar-refractivity contribution in [3.05, 3.63) is 0 Å². The largest absolute Gasteiger partial charge is 0.389 e. The van der Waals surface area contributed by atoms with Crippen LogP contribution in [0.3, 0.4) is 0 Å². The molecule has 0 heterocycles. The number of ether oxygens (including phenoxy) is 1. The summed E-state index contributed by atoms with van der Waals surface area (Å²) in [5, 5.41) is 15.3. The van der Waals surface area contributed by atoms with Gasteiger partial charge < -0.3 is 20.5 Å². The number of aliphatic hydroxyl groups is 1. The molecule has 1 unspecified atom stereocenters. The average molecular weight is 260 g/mol. The van der Waals surface area contributed by atoms with Crippen molar-refractivity contribution in [3.63, 3.8) is 0 Å². The van der Waals surface area contributed by atoms with E-state index in [1.807, 2.05) is 0 Å². The molecule has 0 aromatic heterocycles. The Morgan fingerprint density at radius 1 is 1.33 bits per heavy atom. The molecule has 0 fully saturated rings. The Labute approximate surface area is 110 Å². The zero-order valence-electron chi connectivity index (χ0n) is 11.9. The minimum absolute atomic E-state index is 0.0363. The number of amides is 1. The van der Waals surface area contributed by atoms with E-state index < -0.39 is 6.10 Å². The monoisotopic (exact) mass is 260 g/mol. The Bertz CT molecular complexity index is 210. The van der Waals surface area contributed by atoms with E-state index in [1.165, 1.54) is 6.92 Å². The molecule has 0 aliphatic carbocycles. The summed E-state index contributed by atoms with van der Waals surface area (Å²) >= 11 is 0. The summed E-state index contributed by atoms with van der Waals surface area (Å²) in [5.74, 6) is 0.666. The Balaban J connectivity index is 3.22. The molecular formula is C13H28N2O3. The highest BCUT2D eigenvalue weighted by atomic mass is 16.5. The van der Waals surface area contributed by atoms with Gasteiger partial charge in [0.1, 0.15) is 0 Å². The minimum Gasteiger partial charge on any atom is -0.389 e. The number of hydrogen-bond donors (Lipinski definition) is 3. The molecule has 0 aliphatic rings. The van der Waals surface area contributed by atoms with Crippen LogP contribution in [0.25, 0.3) is 0 Å². The molecule has 0 aromatic rings. The van der Waals surface area contributed by atoms with Gasteiger partial charge in [-0.15, -0.1) is 0 Å². The Morgan fingerprint density at radius 3 is 2.67 bits per heavy atom. The van der Waals surface area contributed by atoms with E-state index in [0.717, 1.165) is 12.8 Å². The number of nitrogens with one attached hydrogen (secondary N) is 2. The molecule has 0 saturated heterocycles. The van der Waals surface area contributed by atoms with Gasteiger partial charge in [0.05, 0.1) is 12.7 Å². The average Bonchev–Trinajstić information content (AvgIpc) is 2.27. The molecule has 0 bridgehead atoms. The molecule has 108 valence electrons. The fourth-order valence-corrected chi connectivity index (χ4v) is 1.47. The molecule has 5 heteroatoms. The van der Waals surface area contributed by atoms with Crippen molar-refractivity contribution in [2.45, 2.75) is 39.7 Å². The third-order valence-electron chi connectivity index (χ3n) is 2.44. The molecule has 1 atom stereocenters. The maximum atomic E-state index is 10.6. The number of carbonyl (C=O) groups is 1. The van der Waals surface area contributed by atoms with Crippen LogP contribution >= 0.6 is 0 Å². The summed E-state index contributed by atoms with van der Waals surface area (Å²) in [6, 6.07) is 0. The predicted molar refractivity (Wildman–Crippen MR) is 72.5 cm³/mol. The Kier molecular flexibility index (Phi) is 11.0. The van der Waals surface area contributed by atoms with Crippen LogP contribution in [-0.2, 0) is 9.53 Å². The molecule has 0 radical (unpaired) electrons. The standard InChI is InChI=1S/C13H28N2O3/c1-11(2)5-4-8-18-10-13(17)9-14-6-7-15-12(3)16/h11,13-14,17H,4-10H2,1-3H3,(H,15,16). The van der Waals surface area contributed by atoms with Crippen LogP contribution < -0.4 is 10.6 Å². The number of carbonyl (C=O) groups excluding carboxylic acids is 1. The van der Waals surface area contributed by atoms with E-state index in [-0.39, 0.29) is 5.91 Å². The van der Waals surface area contributed by atoms with Crippen molar-refractivity contribution >= 4 is 5.91 Å². The maximum Gasteiger partial charge on any atom is 0.216 e. The Morgan fingerprint density at radius 2 is 2.06 bits per heavy atom. The second kappa shape index (κ2) is 11.4. The second-order valence-corrected chi connectivity index (χ2v) is 4.95. The molecule has 3 N–H and O–H groups in total. The first kappa shape index (κ1) is 17.4. The first-order valence-electron chi connectivity index (χ1n) is 6.73. The highest BCUT2D eigenvalue weighted by Gasteiger charge is 2.03. The second-order valence-electron chi connectivity index (χ2n) is 4.95. The molecular weight excluding hydrogens is 232 g/mol. The zero-order chi connectivity index (χ0) is 13.8. The summed E-state index contributed by atoms with van der Waals surface area (Å²) in [4.78, 5) is 10.6. The quantitative estimate of drug-likeness (QED) is 0.474. The minimum atomic E-state index is -0.485. The molecule has 0 aromatic carbocycles. The highest BCUT2D eigenvalue weighted by Crippen LogP contribution is 2.03. The summed E-state index contributed by atoms with van der Waals surface area (Å²) in [5.41, 5.74) is 0. The van der Waals surface area contributed by atoms with E-state index in [2.05, 4.69) is 24.5 Å². The summed E-state index contributed by atoms with van der Waals surface area (Å²) in [7, 11) is 0. The predicted octanol–water partition coefficient (Wildman–Crippen LogP) is 0.526. The molecule has 1 amide bonds. The van der Waals surface area contributed by atoms with E-state index in [4.69, 9.17) is 4.74 Å². The lowest BCUT2D eigenvalue weighted by Crippen LogP contribution is -2.36. The van der Waals surface area contributed by atoms with E-state index >= 15 is 0 Å². The molecule has 18 heavy (non-hydrogen) atoms. The van der Waals surface area contributed by atoms with Crippen molar-refractivity contribution in [1.82, 2.24) is 10.6 Å². The maximum absolute atomic E-state index is 10.6. The number of hydrogen-bond acceptors (Lipinski definition) is 4. The number of aliphatic hydroxyl groups excluding tert-OH is 1. The van der Waals surface area contributed by atoms with Gasteiger partial charge in [-0.25, -0.2) is 0 Å². The topological polar surface area (TPSA) is 70.6 Å². The van der Waals surface area contributed by atoms with Crippen molar-refractivity contribution in [2.24, 2.45) is 5.92 Å². The summed E-state index contributed by atoms with van der Waals surface area (Å²) in [6.07, 6.45) is 1.71. The fourth-order valence-electron chi connectivity index (χ4n) is 1.47. The van der Waals surface area contributed by atoms with E-state index in [0.29, 0.717) is 38.8 Å². The lowest BCUT2D eigenvalue weighted by molar-refractivity contribution is -0.118. The normalized spacial score (nSPS) is 12.7. The van der Waals surface area contributed by atoms with Gasteiger partial charge in [0.25, 0.3) is 0 Å². The first-order chi connectivity index (χ1) is 8.52. The molecule has 0 rings (SSSR count). The van der Waals surface area contributed by atoms with Crippen LogP contribution in [0.2, 0.25) is 0 Å². The van der Waals surface area contributed by atoms with E-state index in [9.17, 15) is 9.90 Å². The fraction of sp³-hybridized carbons (Fsp3) is 0.923. The van der Waals surface area contributed by atoms with Crippen molar-refractivity contribution in [3.8, 4) is 0 Å². The zero-order valence-corrected chi connectivity index (χ0v) is 11.9. The van der Waals surface area contributed by atoms with Crippen LogP contribution in [0.15, 0.2) is 0 Å². The smallest absolute Gasteiger partial charge is 0.216 e. The van der Waals surface area contributed by atoms with Gasteiger partial charge in [-0.1, -0.05) is 13.8 Å². The molecule has 5 nitrogen and oxygen atoms in total. The van der Waals surface area contributed by atoms with Gasteiger partial charge in [-0.3, -0.25) is 4.79 Å². The van der Waals surface area contributed by atoms with Gasteiger partial charge in [-0.2, -0.15) is 0 Å². The van der Waals surface area contributed by atoms with Crippen LogP contribution in [0.5, 0.6) is 0 Å². The molecule has 0 saturated carbocycles.